The largest absolute Gasteiger partial charge is 0.431 e. The standard InChI is InChI=1S/C30H35NO3S/c1-21(2)26-30(23-17-11-7-12-18-23,24-19-13-8-14-20-24)34-28(33)31(26)27(35-29(3,4)5)25(32)22-15-9-6-10-16-22/h6-21,25-27,32H,1-5H3/t25-,26-,27-/m0/s1. The van der Waals surface area contributed by atoms with Crippen LogP contribution in [0.25, 0.3) is 0 Å². The number of aliphatic hydroxyl groups excluding tert-OH is 1. The van der Waals surface area contributed by atoms with Crippen LogP contribution in [0.5, 0.6) is 0 Å². The Bertz CT molecular complexity index is 1070. The van der Waals surface area contributed by atoms with Crippen molar-refractivity contribution in [3.63, 3.8) is 0 Å². The van der Waals surface area contributed by atoms with E-state index in [9.17, 15) is 9.90 Å². The number of ether oxygens (including phenoxy) is 1. The van der Waals surface area contributed by atoms with Crippen molar-refractivity contribution in [1.29, 1.82) is 0 Å². The number of hydrogen-bond acceptors (Lipinski definition) is 4. The molecule has 0 saturated carbocycles. The molecule has 0 spiro atoms. The monoisotopic (exact) mass is 489 g/mol. The molecule has 184 valence electrons. The summed E-state index contributed by atoms with van der Waals surface area (Å²) < 4.78 is 6.25. The zero-order valence-electron chi connectivity index (χ0n) is 21.1. The van der Waals surface area contributed by atoms with Gasteiger partial charge >= 0.3 is 6.09 Å². The molecule has 1 saturated heterocycles. The molecule has 0 aromatic heterocycles. The predicted octanol–water partition coefficient (Wildman–Crippen LogP) is 7.00. The summed E-state index contributed by atoms with van der Waals surface area (Å²) in [4.78, 5) is 15.7. The Morgan fingerprint density at radius 2 is 1.31 bits per heavy atom. The van der Waals surface area contributed by atoms with E-state index >= 15 is 0 Å². The minimum absolute atomic E-state index is 0.0490. The summed E-state index contributed by atoms with van der Waals surface area (Å²) in [5.41, 5.74) is 1.63. The number of amides is 1. The lowest BCUT2D eigenvalue weighted by molar-refractivity contribution is 0.0477. The molecule has 3 aromatic rings. The van der Waals surface area contributed by atoms with Crippen molar-refractivity contribution in [1.82, 2.24) is 4.90 Å². The van der Waals surface area contributed by atoms with Crippen molar-refractivity contribution in [2.24, 2.45) is 5.92 Å². The topological polar surface area (TPSA) is 49.8 Å². The van der Waals surface area contributed by atoms with Crippen molar-refractivity contribution in [2.45, 2.75) is 62.5 Å². The number of thioether (sulfide) groups is 1. The van der Waals surface area contributed by atoms with Crippen molar-refractivity contribution < 1.29 is 14.6 Å². The fraction of sp³-hybridized carbons (Fsp3) is 0.367. The zero-order valence-corrected chi connectivity index (χ0v) is 21.9. The summed E-state index contributed by atoms with van der Waals surface area (Å²) in [6.45, 7) is 10.6. The first kappa shape index (κ1) is 25.3. The summed E-state index contributed by atoms with van der Waals surface area (Å²) in [5, 5.41) is 11.1. The van der Waals surface area contributed by atoms with Crippen molar-refractivity contribution in [3.8, 4) is 0 Å². The van der Waals surface area contributed by atoms with E-state index in [1.165, 1.54) is 0 Å². The van der Waals surface area contributed by atoms with Crippen molar-refractivity contribution in [3.05, 3.63) is 108 Å². The zero-order chi connectivity index (χ0) is 25.2. The van der Waals surface area contributed by atoms with Crippen LogP contribution in [0.3, 0.4) is 0 Å². The van der Waals surface area contributed by atoms with E-state index in [0.29, 0.717) is 0 Å². The first-order valence-electron chi connectivity index (χ1n) is 12.2. The van der Waals surface area contributed by atoms with Crippen molar-refractivity contribution in [2.75, 3.05) is 0 Å². The molecule has 1 amide bonds. The summed E-state index contributed by atoms with van der Waals surface area (Å²) >= 11 is 1.59. The summed E-state index contributed by atoms with van der Waals surface area (Å²) in [5.74, 6) is 0.0490. The van der Waals surface area contributed by atoms with Crippen LogP contribution in [-0.4, -0.2) is 32.3 Å². The van der Waals surface area contributed by atoms with Crippen LogP contribution >= 0.6 is 11.8 Å². The fourth-order valence-corrected chi connectivity index (χ4v) is 6.40. The second kappa shape index (κ2) is 10.1. The van der Waals surface area contributed by atoms with Gasteiger partial charge in [-0.2, -0.15) is 0 Å². The van der Waals surface area contributed by atoms with Gasteiger partial charge in [-0.3, -0.25) is 4.90 Å². The Morgan fingerprint density at radius 3 is 1.74 bits per heavy atom. The highest BCUT2D eigenvalue weighted by atomic mass is 32.2. The minimum Gasteiger partial charge on any atom is -0.431 e. The molecule has 1 heterocycles. The van der Waals surface area contributed by atoms with E-state index in [4.69, 9.17) is 4.74 Å². The molecule has 0 radical (unpaired) electrons. The van der Waals surface area contributed by atoms with Gasteiger partial charge in [-0.25, -0.2) is 4.79 Å². The Balaban J connectivity index is 1.91. The van der Waals surface area contributed by atoms with Crippen LogP contribution in [0, 0.1) is 5.92 Å². The molecule has 3 atom stereocenters. The lowest BCUT2D eigenvalue weighted by Gasteiger charge is -2.42. The molecule has 4 nitrogen and oxygen atoms in total. The van der Waals surface area contributed by atoms with Gasteiger partial charge in [0.25, 0.3) is 0 Å². The smallest absolute Gasteiger partial charge is 0.412 e. The molecule has 1 N–H and O–H groups in total. The molecule has 3 aromatic carbocycles. The van der Waals surface area contributed by atoms with Gasteiger partial charge in [0.2, 0.25) is 0 Å². The molecule has 1 aliphatic rings. The van der Waals surface area contributed by atoms with Crippen LogP contribution in [0.2, 0.25) is 0 Å². The van der Waals surface area contributed by atoms with E-state index < -0.39 is 23.2 Å². The van der Waals surface area contributed by atoms with Gasteiger partial charge in [0, 0.05) is 15.9 Å². The van der Waals surface area contributed by atoms with E-state index in [2.05, 4.69) is 34.6 Å². The van der Waals surface area contributed by atoms with Crippen LogP contribution in [0.1, 0.15) is 57.4 Å². The van der Waals surface area contributed by atoms with E-state index in [1.54, 1.807) is 16.7 Å². The molecular formula is C30H35NO3S. The Morgan fingerprint density at radius 1 is 0.857 bits per heavy atom. The lowest BCUT2D eigenvalue weighted by atomic mass is 9.75. The predicted molar refractivity (Wildman–Crippen MR) is 143 cm³/mol. The number of carbonyl (C=O) groups is 1. The Hall–Kier alpha value is -2.76. The summed E-state index contributed by atoms with van der Waals surface area (Å²) in [6, 6.07) is 29.2. The summed E-state index contributed by atoms with van der Waals surface area (Å²) in [6.07, 6.45) is -1.29. The average Bonchev–Trinajstić information content (AvgIpc) is 3.17. The molecule has 35 heavy (non-hydrogen) atoms. The molecule has 4 rings (SSSR count). The van der Waals surface area contributed by atoms with Gasteiger partial charge in [0.1, 0.15) is 11.5 Å². The lowest BCUT2D eigenvalue weighted by Crippen LogP contribution is -2.52. The first-order chi connectivity index (χ1) is 16.6. The molecule has 1 fully saturated rings. The second-order valence-electron chi connectivity index (χ2n) is 10.4. The SMILES string of the molecule is CC(C)[C@@H]1N([C@@H](SC(C)(C)C)[C@@H](O)c2ccccc2)C(=O)OC1(c1ccccc1)c1ccccc1. The minimum atomic E-state index is -0.999. The number of carbonyl (C=O) groups excluding carboxylic acids is 1. The first-order valence-corrected chi connectivity index (χ1v) is 13.1. The van der Waals surface area contributed by atoms with Gasteiger partial charge < -0.3 is 9.84 Å². The van der Waals surface area contributed by atoms with Gasteiger partial charge in [-0.15, -0.1) is 11.8 Å². The molecule has 0 unspecified atom stereocenters. The molecule has 5 heteroatoms. The fourth-order valence-electron chi connectivity index (χ4n) is 5.06. The quantitative estimate of drug-likeness (QED) is 0.388. The van der Waals surface area contributed by atoms with E-state index in [0.717, 1.165) is 16.7 Å². The molecule has 0 bridgehead atoms. The number of rotatable bonds is 7. The van der Waals surface area contributed by atoms with Crippen LogP contribution < -0.4 is 0 Å². The normalized spacial score (nSPS) is 19.5. The van der Waals surface area contributed by atoms with Gasteiger partial charge in [-0.05, 0) is 11.5 Å². The average molecular weight is 490 g/mol. The molecular weight excluding hydrogens is 454 g/mol. The van der Waals surface area contributed by atoms with Gasteiger partial charge in [-0.1, -0.05) is 126 Å². The maximum atomic E-state index is 13.9. The third kappa shape index (κ3) is 4.98. The number of aliphatic hydroxyl groups is 1. The maximum Gasteiger partial charge on any atom is 0.412 e. The van der Waals surface area contributed by atoms with Gasteiger partial charge in [0.05, 0.1) is 6.04 Å². The van der Waals surface area contributed by atoms with Crippen LogP contribution in [0.4, 0.5) is 4.79 Å². The number of hydrogen-bond donors (Lipinski definition) is 1. The highest BCUT2D eigenvalue weighted by Gasteiger charge is 2.60. The van der Waals surface area contributed by atoms with Gasteiger partial charge in [0.15, 0.2) is 5.60 Å². The second-order valence-corrected chi connectivity index (χ2v) is 12.4. The molecule has 1 aliphatic heterocycles. The van der Waals surface area contributed by atoms with E-state index in [-0.39, 0.29) is 16.7 Å². The molecule has 0 aliphatic carbocycles. The number of benzene rings is 3. The third-order valence-corrected chi connectivity index (χ3v) is 7.81. The Labute approximate surface area is 213 Å². The van der Waals surface area contributed by atoms with E-state index in [1.807, 2.05) is 91.0 Å². The summed E-state index contributed by atoms with van der Waals surface area (Å²) in [7, 11) is 0. The van der Waals surface area contributed by atoms with Crippen LogP contribution in [0.15, 0.2) is 91.0 Å². The van der Waals surface area contributed by atoms with Crippen LogP contribution in [-0.2, 0) is 10.3 Å². The number of cyclic esters (lactones) is 1. The maximum absolute atomic E-state index is 13.9. The third-order valence-electron chi connectivity index (χ3n) is 6.37. The highest BCUT2D eigenvalue weighted by molar-refractivity contribution is 8.01. The van der Waals surface area contributed by atoms with Crippen molar-refractivity contribution >= 4 is 17.9 Å². The Kier molecular flexibility index (Phi) is 7.30. The number of nitrogens with zero attached hydrogens (tertiary/aromatic N) is 1. The highest BCUT2D eigenvalue weighted by Crippen LogP contribution is 2.51.